The molecule has 6 heavy (non-hydrogen) atoms. The van der Waals surface area contributed by atoms with Crippen LogP contribution >= 0.6 is 23.2 Å². The van der Waals surface area contributed by atoms with Gasteiger partial charge in [-0.05, 0) is 23.2 Å². The predicted octanol–water partition coefficient (Wildman–Crippen LogP) is 1.19. The van der Waals surface area contributed by atoms with Crippen LogP contribution < -0.4 is 0 Å². The van der Waals surface area contributed by atoms with Crippen LogP contribution in [0.5, 0.6) is 0 Å². The van der Waals surface area contributed by atoms with Crippen molar-refractivity contribution in [2.24, 2.45) is 0 Å². The molecule has 0 unspecified atom stereocenters. The minimum Gasteiger partial charge on any atom is -0.400 e. The van der Waals surface area contributed by atoms with Gasteiger partial charge in [0.05, 0.1) is 0 Å². The molecule has 0 fully saturated rings. The molecular formula is C2H4Cl2O2. The Bertz CT molecular complexity index is 32.5. The smallest absolute Gasteiger partial charge is 0.313 e. The van der Waals surface area contributed by atoms with E-state index in [0.717, 1.165) is 7.11 Å². The van der Waals surface area contributed by atoms with Crippen molar-refractivity contribution in [3.05, 3.63) is 0 Å². The van der Waals surface area contributed by atoms with Crippen LogP contribution in [0.25, 0.3) is 0 Å². The Kier molecular flexibility index (Phi) is 14.2. The quantitative estimate of drug-likeness (QED) is 0.501. The van der Waals surface area contributed by atoms with Gasteiger partial charge < -0.3 is 5.11 Å². The topological polar surface area (TPSA) is 37.3 Å². The second-order valence-electron chi connectivity index (χ2n) is 0.226. The molecule has 0 aliphatic carbocycles. The molecule has 0 saturated carbocycles. The van der Waals surface area contributed by atoms with Crippen molar-refractivity contribution in [2.45, 2.75) is 0 Å². The highest BCUT2D eigenvalue weighted by molar-refractivity contribution is 6.93. The van der Waals surface area contributed by atoms with E-state index in [0.29, 0.717) is 0 Å². The number of halogens is 2. The van der Waals surface area contributed by atoms with Gasteiger partial charge in [0.2, 0.25) is 0 Å². The van der Waals surface area contributed by atoms with E-state index >= 15 is 0 Å². The monoisotopic (exact) mass is 130 g/mol. The molecule has 38 valence electrons. The van der Waals surface area contributed by atoms with Gasteiger partial charge in [-0.15, -0.1) is 0 Å². The summed E-state index contributed by atoms with van der Waals surface area (Å²) in [5.41, 5.74) is 0. The largest absolute Gasteiger partial charge is 0.400 e. The van der Waals surface area contributed by atoms with Crippen molar-refractivity contribution in [3.8, 4) is 0 Å². The number of hydrogen-bond acceptors (Lipinski definition) is 2. The van der Waals surface area contributed by atoms with Gasteiger partial charge in [-0.25, -0.2) is 0 Å². The summed E-state index contributed by atoms with van der Waals surface area (Å²) >= 11 is 8.80. The average Bonchev–Trinajstić information content (AvgIpc) is 1.41. The molecule has 0 aromatic rings. The number of aliphatic hydroxyl groups is 1. The minimum atomic E-state index is -0.889. The Labute approximate surface area is 45.7 Å². The third-order valence-corrected chi connectivity index (χ3v) is 0. The molecule has 0 spiro atoms. The molecule has 0 atom stereocenters. The van der Waals surface area contributed by atoms with E-state index in [2.05, 4.69) is 23.2 Å². The lowest BCUT2D eigenvalue weighted by Crippen LogP contribution is -1.46. The summed E-state index contributed by atoms with van der Waals surface area (Å²) in [4.78, 5) is 8.98. The van der Waals surface area contributed by atoms with Crippen molar-refractivity contribution in [1.82, 2.24) is 0 Å². The standard InChI is InChI=1S/CCl2O.CH4O/c2-1(3)4;1-2/h;2H,1H3. The number of aliphatic hydroxyl groups excluding tert-OH is 1. The van der Waals surface area contributed by atoms with E-state index < -0.39 is 4.70 Å². The molecule has 0 aromatic heterocycles. The summed E-state index contributed by atoms with van der Waals surface area (Å²) in [5.74, 6) is 0. The van der Waals surface area contributed by atoms with Gasteiger partial charge >= 0.3 is 4.70 Å². The van der Waals surface area contributed by atoms with Gasteiger partial charge in [0, 0.05) is 7.11 Å². The number of rotatable bonds is 0. The van der Waals surface area contributed by atoms with Crippen LogP contribution in [-0.4, -0.2) is 16.9 Å². The Balaban J connectivity index is 0. The summed E-state index contributed by atoms with van der Waals surface area (Å²) < 4.78 is -0.889. The molecule has 0 rings (SSSR count). The van der Waals surface area contributed by atoms with E-state index in [1.54, 1.807) is 0 Å². The van der Waals surface area contributed by atoms with Crippen LogP contribution in [0.4, 0.5) is 4.79 Å². The fourth-order valence-electron chi connectivity index (χ4n) is 0. The Morgan fingerprint density at radius 1 is 1.50 bits per heavy atom. The van der Waals surface area contributed by atoms with Gasteiger partial charge in [0.25, 0.3) is 0 Å². The van der Waals surface area contributed by atoms with Crippen LogP contribution in [0.15, 0.2) is 0 Å². The maximum Gasteiger partial charge on any atom is 0.313 e. The third-order valence-electron chi connectivity index (χ3n) is 0. The van der Waals surface area contributed by atoms with Crippen LogP contribution in [0.2, 0.25) is 0 Å². The van der Waals surface area contributed by atoms with Gasteiger partial charge in [0.1, 0.15) is 0 Å². The first-order valence-corrected chi connectivity index (χ1v) is 1.79. The maximum absolute atomic E-state index is 8.98. The predicted molar refractivity (Wildman–Crippen MR) is 25.2 cm³/mol. The van der Waals surface area contributed by atoms with Crippen LogP contribution in [0.3, 0.4) is 0 Å². The lowest BCUT2D eigenvalue weighted by Gasteiger charge is -1.48. The number of carbonyl (C=O) groups is 1. The van der Waals surface area contributed by atoms with Crippen molar-refractivity contribution in [3.63, 3.8) is 0 Å². The van der Waals surface area contributed by atoms with E-state index in [9.17, 15) is 0 Å². The highest BCUT2D eigenvalue weighted by Crippen LogP contribution is 1.84. The lowest BCUT2D eigenvalue weighted by atomic mass is 11.8. The fourth-order valence-corrected chi connectivity index (χ4v) is 0. The molecule has 4 heteroatoms. The molecule has 2 nitrogen and oxygen atoms in total. The molecule has 0 radical (unpaired) electrons. The van der Waals surface area contributed by atoms with E-state index in [-0.39, 0.29) is 0 Å². The Morgan fingerprint density at radius 2 is 1.50 bits per heavy atom. The summed E-state index contributed by atoms with van der Waals surface area (Å²) in [6, 6.07) is 0. The second kappa shape index (κ2) is 8.96. The first kappa shape index (κ1) is 9.51. The third kappa shape index (κ3) is 984. The summed E-state index contributed by atoms with van der Waals surface area (Å²) in [5, 5.41) is 7.00. The molecule has 0 aromatic carbocycles. The number of hydrogen-bond donors (Lipinski definition) is 1. The molecule has 0 aliphatic rings. The van der Waals surface area contributed by atoms with Gasteiger partial charge in [0.15, 0.2) is 0 Å². The summed E-state index contributed by atoms with van der Waals surface area (Å²) in [7, 11) is 1.00. The van der Waals surface area contributed by atoms with E-state index in [4.69, 9.17) is 9.90 Å². The minimum absolute atomic E-state index is 0.889. The molecule has 1 N–H and O–H groups in total. The first-order chi connectivity index (χ1) is 2.73. The van der Waals surface area contributed by atoms with Crippen LogP contribution in [-0.2, 0) is 0 Å². The van der Waals surface area contributed by atoms with Crippen molar-refractivity contribution in [1.29, 1.82) is 0 Å². The molecule has 0 bridgehead atoms. The zero-order valence-corrected chi connectivity index (χ0v) is 4.62. The maximum atomic E-state index is 8.98. The van der Waals surface area contributed by atoms with Crippen LogP contribution in [0, 0.1) is 0 Å². The first-order valence-electron chi connectivity index (χ1n) is 1.03. The average molecular weight is 131 g/mol. The normalized spacial score (nSPS) is 5.33. The van der Waals surface area contributed by atoms with Gasteiger partial charge in [-0.2, -0.15) is 0 Å². The molecule has 0 heterocycles. The second-order valence-corrected chi connectivity index (χ2v) is 1.11. The highest BCUT2D eigenvalue weighted by atomic mass is 35.5. The SMILES string of the molecule is CO.O=C(Cl)Cl. The lowest BCUT2D eigenvalue weighted by molar-refractivity contribution is 0.275. The molecule has 0 saturated heterocycles. The van der Waals surface area contributed by atoms with E-state index in [1.807, 2.05) is 0 Å². The van der Waals surface area contributed by atoms with Crippen molar-refractivity contribution < 1.29 is 9.90 Å². The van der Waals surface area contributed by atoms with Crippen molar-refractivity contribution in [2.75, 3.05) is 7.11 Å². The van der Waals surface area contributed by atoms with Crippen LogP contribution in [0.1, 0.15) is 0 Å². The van der Waals surface area contributed by atoms with Gasteiger partial charge in [-0.1, -0.05) is 0 Å². The molecular weight excluding hydrogens is 127 g/mol. The number of carbonyl (C=O) groups excluding carboxylic acids is 1. The highest BCUT2D eigenvalue weighted by Gasteiger charge is 1.72. The fraction of sp³-hybridized carbons (Fsp3) is 0.500. The Hall–Kier alpha value is 0.210. The van der Waals surface area contributed by atoms with E-state index in [1.165, 1.54) is 0 Å². The zero-order chi connectivity index (χ0) is 5.58. The van der Waals surface area contributed by atoms with Gasteiger partial charge in [-0.3, -0.25) is 4.79 Å². The van der Waals surface area contributed by atoms with Crippen molar-refractivity contribution >= 4 is 27.9 Å². The molecule has 0 aliphatic heterocycles. The Morgan fingerprint density at radius 3 is 1.50 bits per heavy atom. The summed E-state index contributed by atoms with van der Waals surface area (Å²) in [6.07, 6.45) is 0. The zero-order valence-electron chi connectivity index (χ0n) is 3.11. The summed E-state index contributed by atoms with van der Waals surface area (Å²) in [6.45, 7) is 0. The molecule has 0 amide bonds.